The molecule has 0 saturated heterocycles. The second-order valence-corrected chi connectivity index (χ2v) is 5.49. The minimum absolute atomic E-state index is 0.908. The van der Waals surface area contributed by atoms with Gasteiger partial charge in [-0.1, -0.05) is 48.5 Å². The molecule has 0 aliphatic heterocycles. The number of rotatable bonds is 1. The molecule has 1 nitrogen and oxygen atoms in total. The van der Waals surface area contributed by atoms with Crippen LogP contribution in [0, 0.1) is 6.92 Å². The number of methoxy groups -OCH3 is 1. The summed E-state index contributed by atoms with van der Waals surface area (Å²) in [5.74, 6) is 0.908. The molecule has 4 aromatic carbocycles. The Kier molecular flexibility index (Phi) is 2.61. The predicted octanol–water partition coefficient (Wildman–Crippen LogP) is 5.46. The Morgan fingerprint density at radius 2 is 1.52 bits per heavy atom. The van der Waals surface area contributed by atoms with Crippen LogP contribution in [0.15, 0.2) is 60.7 Å². The zero-order valence-electron chi connectivity index (χ0n) is 12.2. The van der Waals surface area contributed by atoms with Gasteiger partial charge in [0.05, 0.1) is 7.11 Å². The van der Waals surface area contributed by atoms with Crippen LogP contribution in [0.25, 0.3) is 32.3 Å². The molecule has 1 heteroatoms. The van der Waals surface area contributed by atoms with Crippen LogP contribution in [0.2, 0.25) is 0 Å². The molecule has 0 bridgehead atoms. The molecule has 0 atom stereocenters. The van der Waals surface area contributed by atoms with E-state index in [0.29, 0.717) is 0 Å². The molecule has 21 heavy (non-hydrogen) atoms. The summed E-state index contributed by atoms with van der Waals surface area (Å²) < 4.78 is 5.38. The first-order valence-electron chi connectivity index (χ1n) is 7.17. The number of hydrogen-bond acceptors (Lipinski definition) is 1. The average molecular weight is 272 g/mol. The van der Waals surface area contributed by atoms with Crippen molar-refractivity contribution in [1.29, 1.82) is 0 Å². The van der Waals surface area contributed by atoms with Crippen molar-refractivity contribution in [2.24, 2.45) is 0 Å². The van der Waals surface area contributed by atoms with Crippen molar-refractivity contribution in [3.63, 3.8) is 0 Å². The second-order valence-electron chi connectivity index (χ2n) is 5.49. The van der Waals surface area contributed by atoms with E-state index in [1.165, 1.54) is 37.9 Å². The number of ether oxygens (including phenoxy) is 1. The van der Waals surface area contributed by atoms with Crippen molar-refractivity contribution in [2.75, 3.05) is 7.11 Å². The first-order chi connectivity index (χ1) is 10.3. The molecule has 4 aromatic rings. The largest absolute Gasteiger partial charge is 0.497 e. The molecular formula is C20H16O. The highest BCUT2D eigenvalue weighted by Gasteiger charge is 2.08. The second kappa shape index (κ2) is 4.49. The highest BCUT2D eigenvalue weighted by atomic mass is 16.5. The zero-order valence-corrected chi connectivity index (χ0v) is 12.2. The van der Waals surface area contributed by atoms with E-state index in [9.17, 15) is 0 Å². The summed E-state index contributed by atoms with van der Waals surface area (Å²) in [5, 5.41) is 7.78. The topological polar surface area (TPSA) is 9.23 Å². The number of aryl methyl sites for hydroxylation is 1. The van der Waals surface area contributed by atoms with E-state index in [4.69, 9.17) is 4.74 Å². The molecule has 4 rings (SSSR count). The van der Waals surface area contributed by atoms with Gasteiger partial charge in [0.15, 0.2) is 0 Å². The normalized spacial score (nSPS) is 11.3. The maximum Gasteiger partial charge on any atom is 0.119 e. The van der Waals surface area contributed by atoms with Crippen LogP contribution >= 0.6 is 0 Å². The van der Waals surface area contributed by atoms with Crippen molar-refractivity contribution in [2.45, 2.75) is 6.92 Å². The van der Waals surface area contributed by atoms with Crippen molar-refractivity contribution in [3.05, 3.63) is 66.2 Å². The highest BCUT2D eigenvalue weighted by Crippen LogP contribution is 2.35. The quantitative estimate of drug-likeness (QED) is 0.418. The fourth-order valence-electron chi connectivity index (χ4n) is 3.21. The molecule has 0 N–H and O–H groups in total. The molecular weight excluding hydrogens is 256 g/mol. The van der Waals surface area contributed by atoms with Crippen LogP contribution in [0.1, 0.15) is 5.56 Å². The summed E-state index contributed by atoms with van der Waals surface area (Å²) in [4.78, 5) is 0. The summed E-state index contributed by atoms with van der Waals surface area (Å²) >= 11 is 0. The Labute approximate surface area is 123 Å². The SMILES string of the molecule is COc1ccc2c(c1)c(C)cc1ccc3ccccc3c12. The van der Waals surface area contributed by atoms with E-state index >= 15 is 0 Å². The maximum absolute atomic E-state index is 5.38. The van der Waals surface area contributed by atoms with Gasteiger partial charge in [-0.15, -0.1) is 0 Å². The van der Waals surface area contributed by atoms with Crippen LogP contribution in [-0.2, 0) is 0 Å². The van der Waals surface area contributed by atoms with E-state index < -0.39 is 0 Å². The molecule has 0 spiro atoms. The van der Waals surface area contributed by atoms with Crippen LogP contribution in [0.3, 0.4) is 0 Å². The van der Waals surface area contributed by atoms with Gasteiger partial charge < -0.3 is 4.74 Å². The number of hydrogen-bond donors (Lipinski definition) is 0. The van der Waals surface area contributed by atoms with Gasteiger partial charge in [-0.25, -0.2) is 0 Å². The summed E-state index contributed by atoms with van der Waals surface area (Å²) in [5.41, 5.74) is 1.28. The van der Waals surface area contributed by atoms with Gasteiger partial charge in [0.1, 0.15) is 5.75 Å². The molecule has 0 aliphatic rings. The van der Waals surface area contributed by atoms with Crippen LogP contribution < -0.4 is 4.74 Å². The van der Waals surface area contributed by atoms with Crippen molar-refractivity contribution >= 4 is 32.3 Å². The Bertz CT molecular complexity index is 983. The van der Waals surface area contributed by atoms with Gasteiger partial charge in [-0.3, -0.25) is 0 Å². The van der Waals surface area contributed by atoms with Crippen molar-refractivity contribution in [3.8, 4) is 5.75 Å². The maximum atomic E-state index is 5.38. The fraction of sp³-hybridized carbons (Fsp3) is 0.100. The Hall–Kier alpha value is -2.54. The highest BCUT2D eigenvalue weighted by molar-refractivity contribution is 6.20. The van der Waals surface area contributed by atoms with E-state index in [2.05, 4.69) is 61.5 Å². The van der Waals surface area contributed by atoms with Gasteiger partial charge in [0, 0.05) is 0 Å². The van der Waals surface area contributed by atoms with Gasteiger partial charge in [0.2, 0.25) is 0 Å². The first kappa shape index (κ1) is 12.2. The monoisotopic (exact) mass is 272 g/mol. The third-order valence-corrected chi connectivity index (χ3v) is 4.25. The molecule has 0 fully saturated rings. The summed E-state index contributed by atoms with van der Waals surface area (Å²) in [6.45, 7) is 2.16. The lowest BCUT2D eigenvalue weighted by Gasteiger charge is -2.11. The molecule has 0 heterocycles. The molecule has 0 amide bonds. The third kappa shape index (κ3) is 1.78. The molecule has 0 aliphatic carbocycles. The van der Waals surface area contributed by atoms with E-state index in [0.717, 1.165) is 5.75 Å². The van der Waals surface area contributed by atoms with Gasteiger partial charge in [-0.2, -0.15) is 0 Å². The van der Waals surface area contributed by atoms with Crippen LogP contribution in [-0.4, -0.2) is 7.11 Å². The molecule has 0 saturated carbocycles. The zero-order chi connectivity index (χ0) is 14.4. The lowest BCUT2D eigenvalue weighted by atomic mass is 9.94. The van der Waals surface area contributed by atoms with Crippen LogP contribution in [0.4, 0.5) is 0 Å². The average Bonchev–Trinajstić information content (AvgIpc) is 2.54. The van der Waals surface area contributed by atoms with Crippen molar-refractivity contribution in [1.82, 2.24) is 0 Å². The minimum atomic E-state index is 0.908. The lowest BCUT2D eigenvalue weighted by molar-refractivity contribution is 0.415. The standard InChI is InChI=1S/C20H16O/c1-13-11-15-8-7-14-5-3-4-6-17(14)20(15)18-10-9-16(21-2)12-19(13)18/h3-12H,1-2H3. The first-order valence-corrected chi connectivity index (χ1v) is 7.17. The van der Waals surface area contributed by atoms with Gasteiger partial charge in [-0.05, 0) is 56.9 Å². The molecule has 0 aromatic heterocycles. The van der Waals surface area contributed by atoms with Crippen LogP contribution in [0.5, 0.6) is 5.75 Å². The summed E-state index contributed by atoms with van der Waals surface area (Å²) in [6, 6.07) is 21.6. The molecule has 0 unspecified atom stereocenters. The molecule has 102 valence electrons. The molecule has 0 radical (unpaired) electrons. The third-order valence-electron chi connectivity index (χ3n) is 4.25. The van der Waals surface area contributed by atoms with E-state index in [-0.39, 0.29) is 0 Å². The predicted molar refractivity (Wildman–Crippen MR) is 90.2 cm³/mol. The van der Waals surface area contributed by atoms with Gasteiger partial charge >= 0.3 is 0 Å². The summed E-state index contributed by atoms with van der Waals surface area (Å²) in [7, 11) is 1.72. The van der Waals surface area contributed by atoms with Crippen molar-refractivity contribution < 1.29 is 4.74 Å². The smallest absolute Gasteiger partial charge is 0.119 e. The Morgan fingerprint density at radius 1 is 0.714 bits per heavy atom. The minimum Gasteiger partial charge on any atom is -0.497 e. The Balaban J connectivity index is 2.28. The van der Waals surface area contributed by atoms with Gasteiger partial charge in [0.25, 0.3) is 0 Å². The number of fused-ring (bicyclic) bond motifs is 5. The lowest BCUT2D eigenvalue weighted by Crippen LogP contribution is -1.87. The number of benzene rings is 4. The summed E-state index contributed by atoms with van der Waals surface area (Å²) in [6.07, 6.45) is 0. The Morgan fingerprint density at radius 3 is 2.38 bits per heavy atom. The van der Waals surface area contributed by atoms with E-state index in [1.807, 2.05) is 6.07 Å². The fourth-order valence-corrected chi connectivity index (χ4v) is 3.21. The van der Waals surface area contributed by atoms with E-state index in [1.54, 1.807) is 7.11 Å².